The zero-order valence-corrected chi connectivity index (χ0v) is 30.6. The van der Waals surface area contributed by atoms with Crippen LogP contribution in [-0.4, -0.2) is 0 Å². The Bertz CT molecular complexity index is 703. The maximum atomic E-state index is 5.52. The van der Waals surface area contributed by atoms with E-state index < -0.39 is 0 Å². The molecule has 0 spiro atoms. The van der Waals surface area contributed by atoms with Crippen molar-refractivity contribution in [3.05, 3.63) is 141 Å². The summed E-state index contributed by atoms with van der Waals surface area (Å²) in [5, 5.41) is 3.05. The minimum Gasteiger partial charge on any atom is -0.184 e. The molecule has 0 unspecified atom stereocenters. The zero-order chi connectivity index (χ0) is 20.5. The summed E-state index contributed by atoms with van der Waals surface area (Å²) in [4.78, 5) is 0. The Morgan fingerprint density at radius 3 is 0.548 bits per heavy atom. The van der Waals surface area contributed by atoms with Gasteiger partial charge in [-0.2, -0.15) is 121 Å². The Morgan fingerprint density at radius 2 is 0.484 bits per heavy atom. The molecule has 31 heavy (non-hydrogen) atoms. The van der Waals surface area contributed by atoms with E-state index in [-0.39, 0.29) is 143 Å². The molecule has 0 heterocycles. The molecule has 0 amide bonds. The molecule has 0 saturated heterocycles. The molecule has 0 fully saturated rings. The van der Waals surface area contributed by atoms with Crippen molar-refractivity contribution in [2.45, 2.75) is 0 Å². The molecular formula is C24H16Cl4K2Th. The summed E-state index contributed by atoms with van der Waals surface area (Å²) in [7, 11) is 0. The molecule has 0 aliphatic carbocycles. The summed E-state index contributed by atoms with van der Waals surface area (Å²) in [6.07, 6.45) is 0. The second-order valence-corrected chi connectivity index (χ2v) is 6.62. The van der Waals surface area contributed by atoms with Crippen LogP contribution in [0.4, 0.5) is 0 Å². The Hall–Kier alpha value is 2.64. The summed E-state index contributed by atoms with van der Waals surface area (Å²) in [6.45, 7) is 0. The van der Waals surface area contributed by atoms with E-state index in [1.807, 2.05) is 0 Å². The van der Waals surface area contributed by atoms with Crippen LogP contribution in [0.1, 0.15) is 0 Å². The van der Waals surface area contributed by atoms with Gasteiger partial charge in [0.1, 0.15) is 0 Å². The van der Waals surface area contributed by atoms with Crippen LogP contribution >= 0.6 is 46.4 Å². The smallest absolute Gasteiger partial charge is 0.184 e. The molecule has 0 aliphatic rings. The number of hydrogen-bond acceptors (Lipinski definition) is 0. The molecule has 0 N–H and O–H groups in total. The maximum absolute atomic E-state index is 5.52. The van der Waals surface area contributed by atoms with Gasteiger partial charge >= 0.3 is 143 Å². The maximum Gasteiger partial charge on any atom is 2.00 e. The fourth-order valence-corrected chi connectivity index (χ4v) is 1.97. The van der Waals surface area contributed by atoms with Crippen molar-refractivity contribution in [1.82, 2.24) is 0 Å². The van der Waals surface area contributed by atoms with E-state index in [0.717, 1.165) is 20.1 Å². The van der Waals surface area contributed by atoms with Gasteiger partial charge in [-0.15, -0.1) is 46.4 Å². The molecule has 4 aromatic carbocycles. The SMILES string of the molecule is Clc1cc[c-]cc1.Clc1cc[c-]cc1.Clc1cc[c-]cc1.Clc1cc[c-]cc1.[K+].[K+].[Th+2]. The average molecular weight is 756 g/mol. The van der Waals surface area contributed by atoms with Gasteiger partial charge in [0.2, 0.25) is 0 Å². The summed E-state index contributed by atoms with van der Waals surface area (Å²) in [6, 6.07) is 40.0. The number of halogens is 4. The zero-order valence-electron chi connectivity index (χ0n) is 17.2. The average Bonchev–Trinajstić information content (AvgIpc) is 2.72. The number of benzene rings is 4. The van der Waals surface area contributed by atoms with Crippen molar-refractivity contribution < 1.29 is 143 Å². The van der Waals surface area contributed by atoms with E-state index in [9.17, 15) is 0 Å². The van der Waals surface area contributed by atoms with Gasteiger partial charge in [0.05, 0.1) is 0 Å². The van der Waals surface area contributed by atoms with E-state index in [2.05, 4.69) is 24.3 Å². The number of rotatable bonds is 0. The fraction of sp³-hybridized carbons (Fsp3) is 0. The van der Waals surface area contributed by atoms with Gasteiger partial charge in [0, 0.05) is 0 Å². The first-order valence-corrected chi connectivity index (χ1v) is 9.55. The minimum atomic E-state index is 0. The Kier molecular flexibility index (Phi) is 33.5. The van der Waals surface area contributed by atoms with Crippen LogP contribution in [-0.2, 0) is 0 Å². The largest absolute Gasteiger partial charge is 2.00 e. The van der Waals surface area contributed by atoms with Crippen LogP contribution in [0.15, 0.2) is 97.1 Å². The van der Waals surface area contributed by atoms with Gasteiger partial charge in [0.25, 0.3) is 0 Å². The van der Waals surface area contributed by atoms with Crippen LogP contribution in [0.25, 0.3) is 0 Å². The minimum absolute atomic E-state index is 0. The Labute approximate surface area is 323 Å². The quantitative estimate of drug-likeness (QED) is 0.192. The van der Waals surface area contributed by atoms with E-state index in [1.54, 1.807) is 97.1 Å². The van der Waals surface area contributed by atoms with E-state index in [4.69, 9.17) is 46.4 Å². The molecule has 0 atom stereocenters. The summed E-state index contributed by atoms with van der Waals surface area (Å²) < 4.78 is 0. The van der Waals surface area contributed by atoms with Crippen molar-refractivity contribution in [3.8, 4) is 0 Å². The van der Waals surface area contributed by atoms with Crippen molar-refractivity contribution in [1.29, 1.82) is 0 Å². The van der Waals surface area contributed by atoms with Gasteiger partial charge in [0.15, 0.2) is 0 Å². The van der Waals surface area contributed by atoms with Crippen LogP contribution < -0.4 is 103 Å². The second kappa shape index (κ2) is 27.2. The monoisotopic (exact) mass is 754 g/mol. The Morgan fingerprint density at radius 1 is 0.355 bits per heavy atom. The van der Waals surface area contributed by atoms with E-state index in [0.29, 0.717) is 0 Å². The van der Waals surface area contributed by atoms with Crippen LogP contribution in [0.2, 0.25) is 20.1 Å². The van der Waals surface area contributed by atoms with E-state index in [1.165, 1.54) is 0 Å². The van der Waals surface area contributed by atoms with Crippen molar-refractivity contribution in [2.75, 3.05) is 0 Å². The van der Waals surface area contributed by atoms with Gasteiger partial charge in [-0.3, -0.25) is 0 Å². The normalized spacial score (nSPS) is 7.87. The fourth-order valence-electron chi connectivity index (χ4n) is 1.47. The molecule has 7 heteroatoms. The molecule has 0 saturated carbocycles. The Balaban J connectivity index is -0.000000327. The third kappa shape index (κ3) is 25.5. The molecule has 0 radical (unpaired) electrons. The van der Waals surface area contributed by atoms with Gasteiger partial charge < -0.3 is 0 Å². The summed E-state index contributed by atoms with van der Waals surface area (Å²) in [5.74, 6) is 0. The van der Waals surface area contributed by atoms with Crippen molar-refractivity contribution in [2.24, 2.45) is 0 Å². The third-order valence-electron chi connectivity index (χ3n) is 2.71. The van der Waals surface area contributed by atoms with E-state index >= 15 is 0 Å². The van der Waals surface area contributed by atoms with Gasteiger partial charge in [-0.25, -0.2) is 0 Å². The molecule has 4 rings (SSSR count). The molecule has 146 valence electrons. The second-order valence-electron chi connectivity index (χ2n) is 4.87. The van der Waals surface area contributed by atoms with Crippen LogP contribution in [0.3, 0.4) is 0 Å². The molecule has 0 aliphatic heterocycles. The molecule has 0 nitrogen and oxygen atoms in total. The topological polar surface area (TPSA) is 0 Å². The predicted octanol–water partition coefficient (Wildman–Crippen LogP) is 2.57. The van der Waals surface area contributed by atoms with Crippen molar-refractivity contribution in [3.63, 3.8) is 0 Å². The first kappa shape index (κ1) is 38.2. The van der Waals surface area contributed by atoms with Crippen LogP contribution in [0.5, 0.6) is 0 Å². The standard InChI is InChI=1S/4C6H4Cl.2K.Th/c4*7-6-4-2-1-3-5-6;;;/h4*2-5H;;;/q4*-1;2*+1;+2. The molecule has 0 bridgehead atoms. The van der Waals surface area contributed by atoms with Crippen LogP contribution in [0, 0.1) is 64.2 Å². The third-order valence-corrected chi connectivity index (χ3v) is 3.72. The molecular weight excluding hydrogens is 740 g/mol. The van der Waals surface area contributed by atoms with Gasteiger partial charge in [-0.05, 0) is 0 Å². The molecule has 0 aromatic heterocycles. The predicted molar refractivity (Wildman–Crippen MR) is 121 cm³/mol. The first-order chi connectivity index (χ1) is 13.6. The van der Waals surface area contributed by atoms with Gasteiger partial charge in [-0.1, -0.05) is 20.1 Å². The molecule has 4 aromatic rings. The summed E-state index contributed by atoms with van der Waals surface area (Å²) >= 11 is 22.1. The summed E-state index contributed by atoms with van der Waals surface area (Å²) in [5.41, 5.74) is 0. The van der Waals surface area contributed by atoms with Crippen molar-refractivity contribution >= 4 is 46.4 Å². The number of hydrogen-bond donors (Lipinski definition) is 0. The first-order valence-electron chi connectivity index (χ1n) is 8.04.